The maximum atomic E-state index is 12.5. The number of nitrogens with one attached hydrogen (secondary N) is 1. The molecule has 1 saturated heterocycles. The lowest BCUT2D eigenvalue weighted by molar-refractivity contribution is -0.131. The molecule has 0 saturated carbocycles. The molecule has 1 aliphatic heterocycles. The van der Waals surface area contributed by atoms with Crippen molar-refractivity contribution in [1.82, 2.24) is 24.4 Å². The van der Waals surface area contributed by atoms with E-state index in [1.807, 2.05) is 4.90 Å². The van der Waals surface area contributed by atoms with Gasteiger partial charge in [-0.25, -0.2) is 14.8 Å². The Kier molecular flexibility index (Phi) is 4.92. The fourth-order valence-electron chi connectivity index (χ4n) is 2.80. The highest BCUT2D eigenvalue weighted by molar-refractivity contribution is 5.76. The van der Waals surface area contributed by atoms with Crippen LogP contribution in [0.1, 0.15) is 12.0 Å². The van der Waals surface area contributed by atoms with Crippen molar-refractivity contribution < 1.29 is 4.79 Å². The fourth-order valence-corrected chi connectivity index (χ4v) is 2.80. The summed E-state index contributed by atoms with van der Waals surface area (Å²) in [6, 6.07) is 1.76. The van der Waals surface area contributed by atoms with Gasteiger partial charge in [-0.05, 0) is 19.4 Å². The molecule has 0 bridgehead atoms. The summed E-state index contributed by atoms with van der Waals surface area (Å²) in [5, 5.41) is 0. The average Bonchev–Trinajstić information content (AvgIpc) is 2.86. The zero-order valence-corrected chi connectivity index (χ0v) is 14.0. The number of rotatable bonds is 3. The monoisotopic (exact) mass is 344 g/mol. The Balaban J connectivity index is 1.66. The Morgan fingerprint density at radius 1 is 1.16 bits per heavy atom. The minimum Gasteiger partial charge on any atom is -0.339 e. The van der Waals surface area contributed by atoms with Crippen LogP contribution in [-0.2, 0) is 11.3 Å². The quantitative estimate of drug-likeness (QED) is 0.795. The summed E-state index contributed by atoms with van der Waals surface area (Å²) in [4.78, 5) is 50.3. The zero-order valence-electron chi connectivity index (χ0n) is 14.0. The zero-order chi connectivity index (χ0) is 17.8. The maximum absolute atomic E-state index is 12.5. The summed E-state index contributed by atoms with van der Waals surface area (Å²) in [5.41, 5.74) is -0.601. The van der Waals surface area contributed by atoms with E-state index < -0.39 is 11.2 Å². The van der Waals surface area contributed by atoms with Gasteiger partial charge in [0.05, 0.1) is 0 Å². The highest BCUT2D eigenvalue weighted by Crippen LogP contribution is 2.10. The molecule has 2 aromatic heterocycles. The minimum absolute atomic E-state index is 0.0850. The second-order valence-electron chi connectivity index (χ2n) is 5.97. The summed E-state index contributed by atoms with van der Waals surface area (Å²) in [5.74, 6) is 0.508. The van der Waals surface area contributed by atoms with Gasteiger partial charge in [-0.1, -0.05) is 0 Å². The standard InChI is InChI=1S/C16H20N6O3/c1-12-10-22(16(25)19-14(12)24)11-13(23)20-6-3-7-21(9-8-20)15-17-4-2-5-18-15/h2,4-5,10H,3,6-9,11H2,1H3,(H,19,24,25). The number of nitrogens with zero attached hydrogens (tertiary/aromatic N) is 5. The van der Waals surface area contributed by atoms with Gasteiger partial charge in [-0.3, -0.25) is 19.1 Å². The lowest BCUT2D eigenvalue weighted by Gasteiger charge is -2.22. The van der Waals surface area contributed by atoms with Crippen molar-refractivity contribution in [2.24, 2.45) is 0 Å². The van der Waals surface area contributed by atoms with E-state index in [1.54, 1.807) is 30.3 Å². The number of aryl methyl sites for hydroxylation is 1. The van der Waals surface area contributed by atoms with Crippen molar-refractivity contribution in [2.75, 3.05) is 31.1 Å². The van der Waals surface area contributed by atoms with Gasteiger partial charge >= 0.3 is 5.69 Å². The number of anilines is 1. The first-order chi connectivity index (χ1) is 12.0. The number of hydrogen-bond donors (Lipinski definition) is 1. The van der Waals surface area contributed by atoms with Crippen LogP contribution in [0.5, 0.6) is 0 Å². The van der Waals surface area contributed by atoms with Gasteiger partial charge in [0.25, 0.3) is 5.56 Å². The van der Waals surface area contributed by atoms with Crippen molar-refractivity contribution in [3.05, 3.63) is 51.1 Å². The summed E-state index contributed by atoms with van der Waals surface area (Å²) in [6.07, 6.45) is 5.60. The van der Waals surface area contributed by atoms with Gasteiger partial charge in [0.1, 0.15) is 6.54 Å². The molecule has 132 valence electrons. The summed E-state index contributed by atoms with van der Waals surface area (Å²) < 4.78 is 1.24. The van der Waals surface area contributed by atoms with Crippen LogP contribution in [-0.4, -0.2) is 56.5 Å². The first kappa shape index (κ1) is 16.9. The van der Waals surface area contributed by atoms with Gasteiger partial charge in [0.2, 0.25) is 11.9 Å². The molecule has 0 unspecified atom stereocenters. The summed E-state index contributed by atoms with van der Waals surface area (Å²) in [7, 11) is 0. The van der Waals surface area contributed by atoms with Crippen LogP contribution in [0.25, 0.3) is 0 Å². The number of H-pyrrole nitrogens is 1. The van der Waals surface area contributed by atoms with E-state index in [-0.39, 0.29) is 12.5 Å². The number of carbonyl (C=O) groups is 1. The SMILES string of the molecule is Cc1cn(CC(=O)N2CCCN(c3ncccn3)CC2)c(=O)[nH]c1=O. The molecular formula is C16H20N6O3. The topological polar surface area (TPSA) is 104 Å². The Hall–Kier alpha value is -2.97. The Morgan fingerprint density at radius 3 is 2.68 bits per heavy atom. The number of aromatic amines is 1. The third-order valence-electron chi connectivity index (χ3n) is 4.18. The summed E-state index contributed by atoms with van der Waals surface area (Å²) in [6.45, 7) is 4.06. The van der Waals surface area contributed by atoms with Crippen LogP contribution in [0.2, 0.25) is 0 Å². The first-order valence-corrected chi connectivity index (χ1v) is 8.15. The second-order valence-corrected chi connectivity index (χ2v) is 5.97. The van der Waals surface area contributed by atoms with Crippen LogP contribution >= 0.6 is 0 Å². The van der Waals surface area contributed by atoms with Gasteiger partial charge in [-0.2, -0.15) is 0 Å². The van der Waals surface area contributed by atoms with Crippen molar-refractivity contribution in [3.8, 4) is 0 Å². The molecule has 0 aliphatic carbocycles. The molecule has 1 fully saturated rings. The predicted octanol–water partition coefficient (Wildman–Crippen LogP) is -0.626. The molecule has 0 aromatic carbocycles. The Morgan fingerprint density at radius 2 is 1.92 bits per heavy atom. The molecule has 1 amide bonds. The van der Waals surface area contributed by atoms with Crippen molar-refractivity contribution >= 4 is 11.9 Å². The van der Waals surface area contributed by atoms with E-state index in [9.17, 15) is 14.4 Å². The van der Waals surface area contributed by atoms with Crippen LogP contribution in [0.15, 0.2) is 34.2 Å². The van der Waals surface area contributed by atoms with Crippen molar-refractivity contribution in [3.63, 3.8) is 0 Å². The van der Waals surface area contributed by atoms with E-state index >= 15 is 0 Å². The van der Waals surface area contributed by atoms with E-state index in [0.717, 1.165) is 13.0 Å². The lowest BCUT2D eigenvalue weighted by atomic mass is 10.3. The second kappa shape index (κ2) is 7.29. The number of aromatic nitrogens is 4. The average molecular weight is 344 g/mol. The number of hydrogen-bond acceptors (Lipinski definition) is 6. The predicted molar refractivity (Wildman–Crippen MR) is 91.5 cm³/mol. The number of carbonyl (C=O) groups excluding carboxylic acids is 1. The molecule has 1 aliphatic rings. The molecule has 9 heteroatoms. The van der Waals surface area contributed by atoms with E-state index in [2.05, 4.69) is 15.0 Å². The Labute approximate surface area is 143 Å². The van der Waals surface area contributed by atoms with Crippen LogP contribution in [0.3, 0.4) is 0 Å². The molecule has 1 N–H and O–H groups in total. The molecule has 25 heavy (non-hydrogen) atoms. The maximum Gasteiger partial charge on any atom is 0.328 e. The molecule has 3 heterocycles. The Bertz CT molecular complexity index is 860. The number of amides is 1. The van der Waals surface area contributed by atoms with Gasteiger partial charge in [0.15, 0.2) is 0 Å². The first-order valence-electron chi connectivity index (χ1n) is 8.15. The van der Waals surface area contributed by atoms with E-state index in [4.69, 9.17) is 0 Å². The van der Waals surface area contributed by atoms with Crippen molar-refractivity contribution in [2.45, 2.75) is 19.9 Å². The molecule has 0 radical (unpaired) electrons. The summed E-state index contributed by atoms with van der Waals surface area (Å²) >= 11 is 0. The van der Waals surface area contributed by atoms with E-state index in [0.29, 0.717) is 31.1 Å². The minimum atomic E-state index is -0.571. The van der Waals surface area contributed by atoms with Crippen LogP contribution in [0.4, 0.5) is 5.95 Å². The normalized spacial score (nSPS) is 15.1. The smallest absolute Gasteiger partial charge is 0.328 e. The van der Waals surface area contributed by atoms with Gasteiger partial charge < -0.3 is 9.80 Å². The van der Waals surface area contributed by atoms with Crippen LogP contribution < -0.4 is 16.1 Å². The molecule has 9 nitrogen and oxygen atoms in total. The highest BCUT2D eigenvalue weighted by atomic mass is 16.2. The molecule has 0 spiro atoms. The molecular weight excluding hydrogens is 324 g/mol. The highest BCUT2D eigenvalue weighted by Gasteiger charge is 2.21. The largest absolute Gasteiger partial charge is 0.339 e. The molecule has 0 atom stereocenters. The van der Waals surface area contributed by atoms with Crippen LogP contribution in [0, 0.1) is 6.92 Å². The fraction of sp³-hybridized carbons (Fsp3) is 0.438. The molecule has 3 rings (SSSR count). The van der Waals surface area contributed by atoms with E-state index in [1.165, 1.54) is 10.8 Å². The third kappa shape index (κ3) is 3.93. The van der Waals surface area contributed by atoms with Gasteiger partial charge in [0, 0.05) is 50.3 Å². The molecule has 2 aromatic rings. The van der Waals surface area contributed by atoms with Gasteiger partial charge in [-0.15, -0.1) is 0 Å². The van der Waals surface area contributed by atoms with Crippen molar-refractivity contribution in [1.29, 1.82) is 0 Å². The third-order valence-corrected chi connectivity index (χ3v) is 4.18. The lowest BCUT2D eigenvalue weighted by Crippen LogP contribution is -2.40.